The topological polar surface area (TPSA) is 12.0 Å². The standard InChI is InChI=1S/C11H11Cl2N/c1-3-11(14-4-2)8-5-9(12)7-10(13)6-8/h1,5-7,11,14H,4H2,2H3. The van der Waals surface area contributed by atoms with Crippen LogP contribution in [-0.2, 0) is 0 Å². The van der Waals surface area contributed by atoms with Crippen molar-refractivity contribution in [2.45, 2.75) is 13.0 Å². The molecule has 0 bridgehead atoms. The van der Waals surface area contributed by atoms with Crippen LogP contribution in [0.4, 0.5) is 0 Å². The van der Waals surface area contributed by atoms with E-state index in [-0.39, 0.29) is 6.04 Å². The lowest BCUT2D eigenvalue weighted by atomic mass is 10.1. The molecule has 0 spiro atoms. The average molecular weight is 228 g/mol. The minimum absolute atomic E-state index is 0.129. The van der Waals surface area contributed by atoms with Crippen LogP contribution >= 0.6 is 23.2 Å². The number of nitrogens with one attached hydrogen (secondary N) is 1. The maximum absolute atomic E-state index is 5.87. The molecule has 1 atom stereocenters. The van der Waals surface area contributed by atoms with Crippen molar-refractivity contribution in [3.8, 4) is 12.3 Å². The van der Waals surface area contributed by atoms with E-state index in [0.717, 1.165) is 12.1 Å². The summed E-state index contributed by atoms with van der Waals surface area (Å²) in [5.74, 6) is 2.65. The number of hydrogen-bond donors (Lipinski definition) is 1. The Balaban J connectivity index is 2.99. The van der Waals surface area contributed by atoms with Crippen LogP contribution in [0.2, 0.25) is 10.0 Å². The molecule has 1 N–H and O–H groups in total. The Morgan fingerprint density at radius 1 is 1.36 bits per heavy atom. The van der Waals surface area contributed by atoms with Crippen molar-refractivity contribution in [1.82, 2.24) is 5.32 Å². The molecule has 0 aliphatic rings. The molecule has 0 aromatic heterocycles. The summed E-state index contributed by atoms with van der Waals surface area (Å²) in [6.45, 7) is 2.80. The van der Waals surface area contributed by atoms with Crippen LogP contribution in [-0.4, -0.2) is 6.54 Å². The van der Waals surface area contributed by atoms with Crippen molar-refractivity contribution in [2.24, 2.45) is 0 Å². The van der Waals surface area contributed by atoms with Gasteiger partial charge in [-0.2, -0.15) is 0 Å². The van der Waals surface area contributed by atoms with Crippen LogP contribution in [0.1, 0.15) is 18.5 Å². The fourth-order valence-electron chi connectivity index (χ4n) is 1.22. The summed E-state index contributed by atoms with van der Waals surface area (Å²) in [5, 5.41) is 4.35. The highest BCUT2D eigenvalue weighted by Crippen LogP contribution is 2.23. The minimum Gasteiger partial charge on any atom is -0.300 e. The third kappa shape index (κ3) is 2.92. The van der Waals surface area contributed by atoms with E-state index in [1.54, 1.807) is 6.07 Å². The van der Waals surface area contributed by atoms with Gasteiger partial charge in [0.15, 0.2) is 0 Å². The molecule has 0 heterocycles. The molecule has 0 fully saturated rings. The average Bonchev–Trinajstić information content (AvgIpc) is 2.12. The second-order valence-corrected chi connectivity index (χ2v) is 3.73. The summed E-state index contributed by atoms with van der Waals surface area (Å²) in [4.78, 5) is 0. The van der Waals surface area contributed by atoms with E-state index in [9.17, 15) is 0 Å². The van der Waals surface area contributed by atoms with Gasteiger partial charge in [0.1, 0.15) is 0 Å². The number of benzene rings is 1. The summed E-state index contributed by atoms with van der Waals surface area (Å²) in [6.07, 6.45) is 5.39. The van der Waals surface area contributed by atoms with Crippen molar-refractivity contribution in [3.05, 3.63) is 33.8 Å². The Kier molecular flexibility index (Phi) is 4.28. The number of terminal acetylenes is 1. The van der Waals surface area contributed by atoms with Gasteiger partial charge >= 0.3 is 0 Å². The summed E-state index contributed by atoms with van der Waals surface area (Å²) >= 11 is 11.7. The van der Waals surface area contributed by atoms with Gasteiger partial charge in [-0.05, 0) is 30.3 Å². The molecular weight excluding hydrogens is 217 g/mol. The Morgan fingerprint density at radius 2 is 1.93 bits per heavy atom. The molecule has 0 saturated heterocycles. The van der Waals surface area contributed by atoms with Crippen molar-refractivity contribution in [1.29, 1.82) is 0 Å². The molecule has 1 unspecified atom stereocenters. The molecule has 1 aromatic carbocycles. The molecule has 0 amide bonds. The highest BCUT2D eigenvalue weighted by molar-refractivity contribution is 6.34. The summed E-state index contributed by atoms with van der Waals surface area (Å²) in [6, 6.07) is 5.20. The highest BCUT2D eigenvalue weighted by atomic mass is 35.5. The van der Waals surface area contributed by atoms with Crippen LogP contribution in [0.3, 0.4) is 0 Å². The monoisotopic (exact) mass is 227 g/mol. The van der Waals surface area contributed by atoms with Crippen molar-refractivity contribution in [3.63, 3.8) is 0 Å². The summed E-state index contributed by atoms with van der Waals surface area (Å²) in [5.41, 5.74) is 0.923. The van der Waals surface area contributed by atoms with Gasteiger partial charge in [0, 0.05) is 10.0 Å². The number of hydrogen-bond acceptors (Lipinski definition) is 1. The van der Waals surface area contributed by atoms with Gasteiger partial charge in [-0.1, -0.05) is 36.0 Å². The van der Waals surface area contributed by atoms with E-state index >= 15 is 0 Å². The van der Waals surface area contributed by atoms with Crippen molar-refractivity contribution in [2.75, 3.05) is 6.54 Å². The Morgan fingerprint density at radius 3 is 2.36 bits per heavy atom. The lowest BCUT2D eigenvalue weighted by Gasteiger charge is -2.12. The van der Waals surface area contributed by atoms with E-state index in [0.29, 0.717) is 10.0 Å². The van der Waals surface area contributed by atoms with Gasteiger partial charge < -0.3 is 5.32 Å². The van der Waals surface area contributed by atoms with E-state index in [2.05, 4.69) is 11.2 Å². The van der Waals surface area contributed by atoms with E-state index in [1.165, 1.54) is 0 Å². The minimum atomic E-state index is -0.129. The zero-order chi connectivity index (χ0) is 10.6. The third-order valence-corrected chi connectivity index (χ3v) is 2.23. The first-order chi connectivity index (χ1) is 6.67. The molecule has 74 valence electrons. The molecule has 14 heavy (non-hydrogen) atoms. The fraction of sp³-hybridized carbons (Fsp3) is 0.273. The van der Waals surface area contributed by atoms with Crippen LogP contribution in [0, 0.1) is 12.3 Å². The van der Waals surface area contributed by atoms with E-state index in [1.807, 2.05) is 19.1 Å². The first-order valence-electron chi connectivity index (χ1n) is 4.33. The largest absolute Gasteiger partial charge is 0.300 e. The molecule has 1 aromatic rings. The zero-order valence-corrected chi connectivity index (χ0v) is 9.36. The van der Waals surface area contributed by atoms with Crippen LogP contribution in [0.25, 0.3) is 0 Å². The molecular formula is C11H11Cl2N. The summed E-state index contributed by atoms with van der Waals surface area (Å²) in [7, 11) is 0. The predicted molar refractivity (Wildman–Crippen MR) is 61.7 cm³/mol. The van der Waals surface area contributed by atoms with Crippen LogP contribution in [0.15, 0.2) is 18.2 Å². The number of halogens is 2. The fourth-order valence-corrected chi connectivity index (χ4v) is 1.76. The first kappa shape index (κ1) is 11.4. The molecule has 1 rings (SSSR count). The third-order valence-electron chi connectivity index (χ3n) is 1.79. The number of rotatable bonds is 3. The second-order valence-electron chi connectivity index (χ2n) is 2.86. The van der Waals surface area contributed by atoms with Crippen LogP contribution in [0.5, 0.6) is 0 Å². The van der Waals surface area contributed by atoms with Gasteiger partial charge in [-0.15, -0.1) is 6.42 Å². The van der Waals surface area contributed by atoms with Gasteiger partial charge in [-0.25, -0.2) is 0 Å². The SMILES string of the molecule is C#CC(NCC)c1cc(Cl)cc(Cl)c1. The van der Waals surface area contributed by atoms with Gasteiger partial charge in [-0.3, -0.25) is 0 Å². The molecule has 1 nitrogen and oxygen atoms in total. The molecule has 0 radical (unpaired) electrons. The highest BCUT2D eigenvalue weighted by Gasteiger charge is 2.07. The Bertz CT molecular complexity index is 335. The van der Waals surface area contributed by atoms with Gasteiger partial charge in [0.05, 0.1) is 6.04 Å². The first-order valence-corrected chi connectivity index (χ1v) is 5.08. The predicted octanol–water partition coefficient (Wildman–Crippen LogP) is 3.28. The van der Waals surface area contributed by atoms with Crippen molar-refractivity contribution < 1.29 is 0 Å². The lowest BCUT2D eigenvalue weighted by Crippen LogP contribution is -2.19. The molecule has 0 saturated carbocycles. The Labute approximate surface area is 94.4 Å². The van der Waals surface area contributed by atoms with Crippen molar-refractivity contribution >= 4 is 23.2 Å². The lowest BCUT2D eigenvalue weighted by molar-refractivity contribution is 0.665. The second kappa shape index (κ2) is 5.26. The van der Waals surface area contributed by atoms with E-state index in [4.69, 9.17) is 29.6 Å². The maximum atomic E-state index is 5.87. The van der Waals surface area contributed by atoms with Crippen LogP contribution < -0.4 is 5.32 Å². The van der Waals surface area contributed by atoms with Gasteiger partial charge in [0.25, 0.3) is 0 Å². The maximum Gasteiger partial charge on any atom is 0.0944 e. The normalized spacial score (nSPS) is 12.1. The molecule has 0 aliphatic carbocycles. The van der Waals surface area contributed by atoms with Gasteiger partial charge in [0.2, 0.25) is 0 Å². The smallest absolute Gasteiger partial charge is 0.0944 e. The Hall–Kier alpha value is -0.680. The quantitative estimate of drug-likeness (QED) is 0.783. The zero-order valence-electron chi connectivity index (χ0n) is 7.85. The summed E-state index contributed by atoms with van der Waals surface area (Å²) < 4.78 is 0. The molecule has 0 aliphatic heterocycles. The van der Waals surface area contributed by atoms with E-state index < -0.39 is 0 Å². The molecule has 3 heteroatoms.